The van der Waals surface area contributed by atoms with Gasteiger partial charge < -0.3 is 19.3 Å². The molecule has 36 heavy (non-hydrogen) atoms. The summed E-state index contributed by atoms with van der Waals surface area (Å²) in [7, 11) is 4.49. The van der Waals surface area contributed by atoms with Gasteiger partial charge in [-0.2, -0.15) is 0 Å². The Kier molecular flexibility index (Phi) is 6.75. The fourth-order valence-electron chi connectivity index (χ4n) is 4.59. The molecule has 1 fully saturated rings. The van der Waals surface area contributed by atoms with Crippen LogP contribution in [0.2, 0.25) is 0 Å². The zero-order chi connectivity index (χ0) is 26.1. The molecule has 1 atom stereocenters. The zero-order valence-corrected chi connectivity index (χ0v) is 21.2. The smallest absolute Gasteiger partial charge is 0.300 e. The lowest BCUT2D eigenvalue weighted by Crippen LogP contribution is -2.29. The second-order valence-electron chi connectivity index (χ2n) is 8.79. The summed E-state index contributed by atoms with van der Waals surface area (Å²) < 4.78 is 16.5. The Balaban J connectivity index is 2.05. The van der Waals surface area contributed by atoms with Crippen LogP contribution in [0.4, 0.5) is 5.69 Å². The summed E-state index contributed by atoms with van der Waals surface area (Å²) in [6.45, 7) is 5.66. The van der Waals surface area contributed by atoms with E-state index in [1.807, 2.05) is 51.1 Å². The molecule has 3 aromatic rings. The topological polar surface area (TPSA) is 85.3 Å². The molecular formula is C29H29NO6. The maximum absolute atomic E-state index is 13.5. The fraction of sp³-hybridized carbons (Fsp3) is 0.241. The highest BCUT2D eigenvalue weighted by atomic mass is 16.5. The first-order valence-electron chi connectivity index (χ1n) is 11.5. The third kappa shape index (κ3) is 4.17. The normalized spacial score (nSPS) is 16.8. The number of aliphatic hydroxyl groups is 1. The van der Waals surface area contributed by atoms with Crippen molar-refractivity contribution in [1.29, 1.82) is 0 Å². The number of benzene rings is 3. The molecule has 1 saturated heterocycles. The average molecular weight is 488 g/mol. The average Bonchev–Trinajstić information content (AvgIpc) is 3.14. The van der Waals surface area contributed by atoms with Crippen molar-refractivity contribution in [2.24, 2.45) is 0 Å². The van der Waals surface area contributed by atoms with Gasteiger partial charge in [-0.05, 0) is 67.8 Å². The van der Waals surface area contributed by atoms with Crippen molar-refractivity contribution < 1.29 is 28.9 Å². The number of anilines is 1. The Bertz CT molecular complexity index is 1370. The van der Waals surface area contributed by atoms with Crippen LogP contribution in [-0.2, 0) is 9.59 Å². The Labute approximate surface area is 210 Å². The van der Waals surface area contributed by atoms with E-state index < -0.39 is 17.7 Å². The minimum Gasteiger partial charge on any atom is -0.507 e. The third-order valence-corrected chi connectivity index (χ3v) is 6.38. The fourth-order valence-corrected chi connectivity index (χ4v) is 4.59. The number of ketones is 1. The molecule has 1 aliphatic rings. The number of hydrogen-bond acceptors (Lipinski definition) is 6. The molecule has 3 aromatic carbocycles. The largest absolute Gasteiger partial charge is 0.507 e. The molecule has 0 radical (unpaired) electrons. The van der Waals surface area contributed by atoms with E-state index in [-0.39, 0.29) is 11.3 Å². The molecule has 0 bridgehead atoms. The minimum absolute atomic E-state index is 0.00974. The first kappa shape index (κ1) is 24.9. The van der Waals surface area contributed by atoms with Crippen molar-refractivity contribution >= 4 is 23.1 Å². The molecule has 1 N–H and O–H groups in total. The molecule has 1 amide bonds. The summed E-state index contributed by atoms with van der Waals surface area (Å²) in [4.78, 5) is 28.4. The lowest BCUT2D eigenvalue weighted by Gasteiger charge is -2.27. The number of carbonyl (C=O) groups is 2. The highest BCUT2D eigenvalue weighted by Crippen LogP contribution is 2.47. The highest BCUT2D eigenvalue weighted by Gasteiger charge is 2.47. The van der Waals surface area contributed by atoms with Crippen molar-refractivity contribution in [1.82, 2.24) is 0 Å². The summed E-state index contributed by atoms with van der Waals surface area (Å²) in [6.07, 6.45) is 0. The van der Waals surface area contributed by atoms with Gasteiger partial charge in [-0.1, -0.05) is 29.8 Å². The van der Waals surface area contributed by atoms with E-state index >= 15 is 0 Å². The number of carbonyl (C=O) groups excluding carboxylic acids is 2. The van der Waals surface area contributed by atoms with Crippen LogP contribution in [0.1, 0.15) is 33.9 Å². The maximum Gasteiger partial charge on any atom is 0.300 e. The van der Waals surface area contributed by atoms with E-state index in [2.05, 4.69) is 0 Å². The van der Waals surface area contributed by atoms with Gasteiger partial charge >= 0.3 is 0 Å². The Hall–Kier alpha value is -4.26. The molecule has 1 aliphatic heterocycles. The van der Waals surface area contributed by atoms with Crippen molar-refractivity contribution in [2.75, 3.05) is 26.2 Å². The van der Waals surface area contributed by atoms with Crippen LogP contribution in [0.15, 0.2) is 60.2 Å². The van der Waals surface area contributed by atoms with Crippen molar-refractivity contribution in [3.05, 3.63) is 88.0 Å². The van der Waals surface area contributed by atoms with Crippen molar-refractivity contribution in [3.63, 3.8) is 0 Å². The number of nitrogens with zero attached hydrogens (tertiary/aromatic N) is 1. The maximum atomic E-state index is 13.5. The van der Waals surface area contributed by atoms with E-state index in [0.29, 0.717) is 34.1 Å². The number of amides is 1. The summed E-state index contributed by atoms with van der Waals surface area (Å²) in [6, 6.07) is 15.4. The monoisotopic (exact) mass is 487 g/mol. The van der Waals surface area contributed by atoms with Gasteiger partial charge in [0, 0.05) is 11.3 Å². The predicted molar refractivity (Wildman–Crippen MR) is 138 cm³/mol. The Morgan fingerprint density at radius 2 is 1.47 bits per heavy atom. The Morgan fingerprint density at radius 3 is 2.06 bits per heavy atom. The highest BCUT2D eigenvalue weighted by molar-refractivity contribution is 6.51. The molecule has 0 spiro atoms. The van der Waals surface area contributed by atoms with E-state index in [0.717, 1.165) is 16.7 Å². The second kappa shape index (κ2) is 9.77. The van der Waals surface area contributed by atoms with E-state index in [4.69, 9.17) is 14.2 Å². The lowest BCUT2D eigenvalue weighted by atomic mass is 9.92. The van der Waals surface area contributed by atoms with Crippen LogP contribution in [0.5, 0.6) is 17.2 Å². The number of methoxy groups -OCH3 is 3. The Morgan fingerprint density at radius 1 is 0.833 bits per heavy atom. The first-order chi connectivity index (χ1) is 17.2. The molecule has 0 aliphatic carbocycles. The predicted octanol–water partition coefficient (Wildman–Crippen LogP) is 5.26. The quantitative estimate of drug-likeness (QED) is 0.290. The number of rotatable bonds is 6. The van der Waals surface area contributed by atoms with Crippen LogP contribution < -0.4 is 19.1 Å². The second-order valence-corrected chi connectivity index (χ2v) is 8.79. The number of Topliss-reactive ketones (excluding diaryl/α,β-unsaturated/α-hetero) is 1. The standard InChI is InChI=1S/C29H29NO6/c1-16-8-7-9-20(12-16)30-25(19-14-22(34-4)28(36-6)23(15-19)35-5)24(27(32)29(30)33)26(31)21-13-17(2)10-11-18(21)3/h7-15,25,31H,1-6H3/b26-24+. The summed E-state index contributed by atoms with van der Waals surface area (Å²) in [5.74, 6) is -0.615. The van der Waals surface area contributed by atoms with Crippen LogP contribution in [-0.4, -0.2) is 38.1 Å². The van der Waals surface area contributed by atoms with Gasteiger partial charge in [-0.25, -0.2) is 0 Å². The van der Waals surface area contributed by atoms with Crippen LogP contribution in [0.3, 0.4) is 0 Å². The molecule has 0 saturated carbocycles. The van der Waals surface area contributed by atoms with Gasteiger partial charge in [0.1, 0.15) is 5.76 Å². The van der Waals surface area contributed by atoms with Gasteiger partial charge in [0.15, 0.2) is 11.5 Å². The number of aryl methyl sites for hydroxylation is 3. The third-order valence-electron chi connectivity index (χ3n) is 6.38. The molecule has 1 heterocycles. The van der Waals surface area contributed by atoms with Gasteiger partial charge in [0.2, 0.25) is 5.75 Å². The number of aliphatic hydroxyl groups excluding tert-OH is 1. The summed E-state index contributed by atoms with van der Waals surface area (Å²) in [5, 5.41) is 11.5. The molecular weight excluding hydrogens is 458 g/mol. The van der Waals surface area contributed by atoms with Crippen LogP contribution >= 0.6 is 0 Å². The first-order valence-corrected chi connectivity index (χ1v) is 11.5. The molecule has 7 heteroatoms. The van der Waals surface area contributed by atoms with Gasteiger partial charge in [-0.3, -0.25) is 14.5 Å². The van der Waals surface area contributed by atoms with Gasteiger partial charge in [-0.15, -0.1) is 0 Å². The minimum atomic E-state index is -0.930. The van der Waals surface area contributed by atoms with Crippen molar-refractivity contribution in [3.8, 4) is 17.2 Å². The molecule has 4 rings (SSSR count). The molecule has 1 unspecified atom stereocenters. The van der Waals surface area contributed by atoms with E-state index in [9.17, 15) is 14.7 Å². The molecule has 7 nitrogen and oxygen atoms in total. The van der Waals surface area contributed by atoms with Crippen molar-refractivity contribution in [2.45, 2.75) is 26.8 Å². The van der Waals surface area contributed by atoms with E-state index in [1.165, 1.54) is 26.2 Å². The van der Waals surface area contributed by atoms with Gasteiger partial charge in [0.25, 0.3) is 11.7 Å². The summed E-state index contributed by atoms with van der Waals surface area (Å²) in [5.41, 5.74) is 4.17. The zero-order valence-electron chi connectivity index (χ0n) is 21.2. The van der Waals surface area contributed by atoms with E-state index in [1.54, 1.807) is 24.3 Å². The van der Waals surface area contributed by atoms with Gasteiger partial charge in [0.05, 0.1) is 32.9 Å². The SMILES string of the molecule is COc1cc(C2/C(=C(\O)c3cc(C)ccc3C)C(=O)C(=O)N2c2cccc(C)c2)cc(OC)c1OC. The molecule has 0 aromatic heterocycles. The van der Waals surface area contributed by atoms with Crippen LogP contribution in [0.25, 0.3) is 5.76 Å². The number of ether oxygens (including phenoxy) is 3. The number of hydrogen-bond donors (Lipinski definition) is 1. The van der Waals surface area contributed by atoms with Crippen LogP contribution in [0, 0.1) is 20.8 Å². The lowest BCUT2D eigenvalue weighted by molar-refractivity contribution is -0.132. The summed E-state index contributed by atoms with van der Waals surface area (Å²) >= 11 is 0. The molecule has 186 valence electrons.